The van der Waals surface area contributed by atoms with Gasteiger partial charge in [0, 0.05) is 59.3 Å². The first-order valence-corrected chi connectivity index (χ1v) is 15.0. The summed E-state index contributed by atoms with van der Waals surface area (Å²) in [5.74, 6) is -0.135. The number of hydrogen-bond acceptors (Lipinski definition) is 2. The molecule has 2 aromatic heterocycles. The van der Waals surface area contributed by atoms with Crippen molar-refractivity contribution < 1.29 is 18.7 Å². The average molecular weight is 561 g/mol. The van der Waals surface area contributed by atoms with E-state index in [-0.39, 0.29) is 24.7 Å². The predicted molar refractivity (Wildman–Crippen MR) is 169 cm³/mol. The van der Waals surface area contributed by atoms with Crippen LogP contribution in [0, 0.1) is 0 Å². The van der Waals surface area contributed by atoms with Crippen molar-refractivity contribution >= 4 is 45.0 Å². The summed E-state index contributed by atoms with van der Waals surface area (Å²) >= 11 is 0. The first-order valence-electron chi connectivity index (χ1n) is 15.0. The van der Waals surface area contributed by atoms with Crippen molar-refractivity contribution in [3.63, 3.8) is 0 Å². The SMILES string of the molecule is CCCC[n+]1cccc2cc(NC(=O)Cc3ccc(CC(=O)Nc4ccc5c(ccc[n+]5CCCC)c4)cc3)ccc21. The molecule has 0 atom stereocenters. The third-order valence-electron chi connectivity index (χ3n) is 7.58. The van der Waals surface area contributed by atoms with Gasteiger partial charge in [0.2, 0.25) is 22.8 Å². The minimum Gasteiger partial charge on any atom is -0.326 e. The van der Waals surface area contributed by atoms with Crippen LogP contribution in [0.5, 0.6) is 0 Å². The molecule has 0 saturated carbocycles. The van der Waals surface area contributed by atoms with Gasteiger partial charge >= 0.3 is 0 Å². The third-order valence-corrected chi connectivity index (χ3v) is 7.58. The molecule has 0 bridgehead atoms. The van der Waals surface area contributed by atoms with Gasteiger partial charge in [-0.05, 0) is 47.5 Å². The van der Waals surface area contributed by atoms with Crippen molar-refractivity contribution in [3.8, 4) is 0 Å². The van der Waals surface area contributed by atoms with Crippen LogP contribution < -0.4 is 19.8 Å². The molecule has 0 fully saturated rings. The second kappa shape index (κ2) is 13.9. The Kier molecular flexibility index (Phi) is 9.55. The molecule has 0 unspecified atom stereocenters. The van der Waals surface area contributed by atoms with Crippen molar-refractivity contribution in [2.45, 2.75) is 65.5 Å². The molecule has 0 aliphatic carbocycles. The number of aryl methyl sites for hydroxylation is 2. The Morgan fingerprint density at radius 3 is 1.43 bits per heavy atom. The molecule has 0 aliphatic heterocycles. The van der Waals surface area contributed by atoms with Gasteiger partial charge in [0.05, 0.1) is 12.8 Å². The Bertz CT molecular complexity index is 1570. The van der Waals surface area contributed by atoms with Gasteiger partial charge < -0.3 is 10.6 Å². The Morgan fingerprint density at radius 2 is 1.02 bits per heavy atom. The highest BCUT2D eigenvalue weighted by molar-refractivity contribution is 5.95. The van der Waals surface area contributed by atoms with E-state index in [2.05, 4.69) is 82.4 Å². The van der Waals surface area contributed by atoms with E-state index in [1.54, 1.807) is 0 Å². The number of benzene rings is 3. The van der Waals surface area contributed by atoms with E-state index in [4.69, 9.17) is 0 Å². The van der Waals surface area contributed by atoms with Gasteiger partial charge in [-0.1, -0.05) is 51.0 Å². The summed E-state index contributed by atoms with van der Waals surface area (Å²) < 4.78 is 4.52. The van der Waals surface area contributed by atoms with E-state index in [9.17, 15) is 9.59 Å². The van der Waals surface area contributed by atoms with E-state index in [1.807, 2.05) is 48.5 Å². The summed E-state index contributed by atoms with van der Waals surface area (Å²) in [7, 11) is 0. The molecule has 2 amide bonds. The molecule has 5 rings (SSSR count). The molecule has 0 radical (unpaired) electrons. The molecule has 0 saturated heterocycles. The molecule has 6 heteroatoms. The topological polar surface area (TPSA) is 66.0 Å². The lowest BCUT2D eigenvalue weighted by atomic mass is 10.1. The summed E-state index contributed by atoms with van der Waals surface area (Å²) in [6.45, 7) is 6.36. The lowest BCUT2D eigenvalue weighted by Crippen LogP contribution is -2.33. The zero-order valence-corrected chi connectivity index (χ0v) is 24.6. The number of hydrogen-bond donors (Lipinski definition) is 2. The Hall–Kier alpha value is -4.58. The van der Waals surface area contributed by atoms with Crippen molar-refractivity contribution in [2.24, 2.45) is 0 Å². The summed E-state index contributed by atoms with van der Waals surface area (Å²) in [5.41, 5.74) is 5.72. The fraction of sp³-hybridized carbons (Fsp3) is 0.278. The van der Waals surface area contributed by atoms with E-state index in [1.165, 1.54) is 11.0 Å². The van der Waals surface area contributed by atoms with Crippen LogP contribution in [0.4, 0.5) is 11.4 Å². The molecule has 0 aliphatic rings. The molecule has 5 aromatic rings. The number of carbonyl (C=O) groups excluding carboxylic acids is 2. The normalized spacial score (nSPS) is 11.1. The minimum absolute atomic E-state index is 0.0676. The van der Waals surface area contributed by atoms with Gasteiger partial charge in [0.1, 0.15) is 13.1 Å². The molecule has 0 spiro atoms. The highest BCUT2D eigenvalue weighted by atomic mass is 16.2. The summed E-state index contributed by atoms with van der Waals surface area (Å²) in [6, 6.07) is 28.1. The number of pyridine rings is 2. The number of amides is 2. The summed E-state index contributed by atoms with van der Waals surface area (Å²) in [4.78, 5) is 25.6. The lowest BCUT2D eigenvalue weighted by Gasteiger charge is -2.09. The van der Waals surface area contributed by atoms with Crippen LogP contribution in [0.3, 0.4) is 0 Å². The van der Waals surface area contributed by atoms with Crippen molar-refractivity contribution in [1.29, 1.82) is 0 Å². The monoisotopic (exact) mass is 560 g/mol. The molecule has 42 heavy (non-hydrogen) atoms. The maximum absolute atomic E-state index is 12.8. The van der Waals surface area contributed by atoms with Crippen molar-refractivity contribution in [2.75, 3.05) is 10.6 Å². The van der Waals surface area contributed by atoms with Crippen LogP contribution in [0.1, 0.15) is 50.7 Å². The van der Waals surface area contributed by atoms with Crippen LogP contribution >= 0.6 is 0 Å². The quantitative estimate of drug-likeness (QED) is 0.170. The molecule has 2 N–H and O–H groups in total. The van der Waals surface area contributed by atoms with Crippen molar-refractivity contribution in [3.05, 3.63) is 108 Å². The number of nitrogens with one attached hydrogen (secondary N) is 2. The summed E-state index contributed by atoms with van der Waals surface area (Å²) in [5, 5.41) is 8.27. The van der Waals surface area contributed by atoms with Gasteiger partial charge in [-0.2, -0.15) is 9.13 Å². The Morgan fingerprint density at radius 1 is 0.595 bits per heavy atom. The van der Waals surface area contributed by atoms with Crippen molar-refractivity contribution in [1.82, 2.24) is 0 Å². The summed E-state index contributed by atoms with van der Waals surface area (Å²) in [6.07, 6.45) is 9.32. The lowest BCUT2D eigenvalue weighted by molar-refractivity contribution is -0.672. The number of unbranched alkanes of at least 4 members (excludes halogenated alkanes) is 2. The molecular weight excluding hydrogens is 520 g/mol. The zero-order valence-electron chi connectivity index (χ0n) is 24.6. The van der Waals surface area contributed by atoms with Gasteiger partial charge in [-0.3, -0.25) is 9.59 Å². The molecule has 214 valence electrons. The van der Waals surface area contributed by atoms with Crippen LogP contribution in [-0.2, 0) is 35.5 Å². The second-order valence-corrected chi connectivity index (χ2v) is 10.9. The van der Waals surface area contributed by atoms with E-state index >= 15 is 0 Å². The van der Waals surface area contributed by atoms with Crippen LogP contribution in [0.2, 0.25) is 0 Å². The molecule has 6 nitrogen and oxygen atoms in total. The highest BCUT2D eigenvalue weighted by Gasteiger charge is 2.12. The smallest absolute Gasteiger partial charge is 0.228 e. The number of fused-ring (bicyclic) bond motifs is 2. The average Bonchev–Trinajstić information content (AvgIpc) is 2.99. The number of carbonyl (C=O) groups is 2. The fourth-order valence-corrected chi connectivity index (χ4v) is 5.32. The number of aromatic nitrogens is 2. The molecular formula is C36H40N4O2+2. The fourth-order valence-electron chi connectivity index (χ4n) is 5.32. The third kappa shape index (κ3) is 7.38. The molecule has 3 aromatic carbocycles. The largest absolute Gasteiger partial charge is 0.326 e. The van der Waals surface area contributed by atoms with Gasteiger partial charge in [-0.15, -0.1) is 0 Å². The molecule has 2 heterocycles. The van der Waals surface area contributed by atoms with Gasteiger partial charge in [-0.25, -0.2) is 0 Å². The van der Waals surface area contributed by atoms with Crippen LogP contribution in [0.25, 0.3) is 21.8 Å². The Labute approximate surface area is 248 Å². The number of nitrogens with zero attached hydrogens (tertiary/aromatic N) is 2. The second-order valence-electron chi connectivity index (χ2n) is 10.9. The maximum atomic E-state index is 12.8. The number of rotatable bonds is 12. The zero-order chi connectivity index (χ0) is 29.3. The van der Waals surface area contributed by atoms with E-state index in [0.717, 1.165) is 72.0 Å². The van der Waals surface area contributed by atoms with Crippen LogP contribution in [0.15, 0.2) is 97.3 Å². The number of anilines is 2. The Balaban J connectivity index is 1.15. The first kappa shape index (κ1) is 28.9. The maximum Gasteiger partial charge on any atom is 0.228 e. The van der Waals surface area contributed by atoms with E-state index in [0.29, 0.717) is 0 Å². The van der Waals surface area contributed by atoms with Crippen LogP contribution in [-0.4, -0.2) is 11.8 Å². The standard InChI is InChI=1S/C36H38N4O2/c1-3-5-19-39-21-7-9-29-25-31(15-17-33(29)39)37-35(41)23-27-11-13-28(14-12-27)24-36(42)38-32-16-18-34-30(26-32)10-8-22-40(34)20-6-4-2/h7-18,21-22,25-26H,3-6,19-20,23-24H2,1-2H3/p+2. The van der Waals surface area contributed by atoms with E-state index < -0.39 is 0 Å². The first-order chi connectivity index (χ1) is 20.5. The minimum atomic E-state index is -0.0676. The van der Waals surface area contributed by atoms with Gasteiger partial charge in [0.15, 0.2) is 12.4 Å². The van der Waals surface area contributed by atoms with Gasteiger partial charge in [0.25, 0.3) is 0 Å². The highest BCUT2D eigenvalue weighted by Crippen LogP contribution is 2.19. The predicted octanol–water partition coefficient (Wildman–Crippen LogP) is 6.53.